The molecule has 0 bridgehead atoms. The molecule has 0 aliphatic rings. The van der Waals surface area contributed by atoms with E-state index in [2.05, 4.69) is 16.6 Å². The quantitative estimate of drug-likeness (QED) is 0.667. The molecule has 0 aliphatic carbocycles. The third kappa shape index (κ3) is 3.15. The Morgan fingerprint density at radius 3 is 2.63 bits per heavy atom. The first-order valence-electron chi connectivity index (χ1n) is 6.23. The van der Waals surface area contributed by atoms with E-state index < -0.39 is 0 Å². The second kappa shape index (κ2) is 5.74. The van der Waals surface area contributed by atoms with Gasteiger partial charge in [0.05, 0.1) is 11.7 Å². The average molecular weight is 279 g/mol. The Morgan fingerprint density at radius 1 is 1.37 bits per heavy atom. The molecule has 0 saturated heterocycles. The monoisotopic (exact) mass is 278 g/mol. The van der Waals surface area contributed by atoms with Crippen LogP contribution in [0.4, 0.5) is 0 Å². The summed E-state index contributed by atoms with van der Waals surface area (Å²) in [5.74, 6) is 5.65. The Morgan fingerprint density at radius 2 is 2.11 bits per heavy atom. The van der Waals surface area contributed by atoms with Crippen LogP contribution in [-0.4, -0.2) is 9.78 Å². The molecular formula is C14H19ClN4. The van der Waals surface area contributed by atoms with Crippen molar-refractivity contribution in [3.63, 3.8) is 0 Å². The molecule has 1 heterocycles. The van der Waals surface area contributed by atoms with Crippen LogP contribution in [0.1, 0.15) is 28.6 Å². The number of halogens is 1. The van der Waals surface area contributed by atoms with E-state index in [0.717, 1.165) is 27.5 Å². The standard InChI is InChI=1S/C14H19ClN4/c1-9-4-5-11(12(15)6-9)8-13(17-16)14-7-10(2)19(3)18-14/h4-7,13,17H,8,16H2,1-3H3. The van der Waals surface area contributed by atoms with Gasteiger partial charge in [-0.2, -0.15) is 5.10 Å². The fraction of sp³-hybridized carbons (Fsp3) is 0.357. The van der Waals surface area contributed by atoms with Crippen LogP contribution in [-0.2, 0) is 13.5 Å². The summed E-state index contributed by atoms with van der Waals surface area (Å²) in [6, 6.07) is 8.05. The third-order valence-corrected chi connectivity index (χ3v) is 3.68. The van der Waals surface area contributed by atoms with Crippen LogP contribution in [0, 0.1) is 13.8 Å². The van der Waals surface area contributed by atoms with Crippen molar-refractivity contribution in [2.75, 3.05) is 0 Å². The third-order valence-electron chi connectivity index (χ3n) is 3.32. The lowest BCUT2D eigenvalue weighted by atomic mass is 10.0. The van der Waals surface area contributed by atoms with E-state index in [4.69, 9.17) is 17.4 Å². The Kier molecular flexibility index (Phi) is 4.24. The second-order valence-corrected chi connectivity index (χ2v) is 5.26. The van der Waals surface area contributed by atoms with Crippen LogP contribution in [0.25, 0.3) is 0 Å². The van der Waals surface area contributed by atoms with Crippen LogP contribution < -0.4 is 11.3 Å². The lowest BCUT2D eigenvalue weighted by Crippen LogP contribution is -2.30. The van der Waals surface area contributed by atoms with E-state index in [0.29, 0.717) is 6.42 Å². The molecule has 2 rings (SSSR count). The van der Waals surface area contributed by atoms with E-state index in [9.17, 15) is 0 Å². The van der Waals surface area contributed by atoms with Crippen molar-refractivity contribution in [2.45, 2.75) is 26.3 Å². The van der Waals surface area contributed by atoms with Gasteiger partial charge >= 0.3 is 0 Å². The molecule has 4 nitrogen and oxygen atoms in total. The maximum Gasteiger partial charge on any atom is 0.0813 e. The Bertz CT molecular complexity index is 557. The Labute approximate surface area is 118 Å². The Hall–Kier alpha value is -1.36. The molecule has 102 valence electrons. The van der Waals surface area contributed by atoms with Gasteiger partial charge in [-0.1, -0.05) is 23.7 Å². The van der Waals surface area contributed by atoms with Gasteiger partial charge in [-0.15, -0.1) is 0 Å². The number of aromatic nitrogens is 2. The molecule has 1 atom stereocenters. The molecular weight excluding hydrogens is 260 g/mol. The first-order valence-corrected chi connectivity index (χ1v) is 6.60. The smallest absolute Gasteiger partial charge is 0.0813 e. The van der Waals surface area contributed by atoms with E-state index in [1.54, 1.807) is 0 Å². The maximum absolute atomic E-state index is 6.26. The molecule has 1 aromatic heterocycles. The fourth-order valence-electron chi connectivity index (χ4n) is 2.05. The number of benzene rings is 1. The van der Waals surface area contributed by atoms with Gasteiger partial charge < -0.3 is 0 Å². The van der Waals surface area contributed by atoms with Crippen molar-refractivity contribution in [3.8, 4) is 0 Å². The maximum atomic E-state index is 6.26. The van der Waals surface area contributed by atoms with E-state index >= 15 is 0 Å². The van der Waals surface area contributed by atoms with E-state index in [-0.39, 0.29) is 6.04 Å². The van der Waals surface area contributed by atoms with Gasteiger partial charge in [-0.3, -0.25) is 16.0 Å². The molecule has 0 saturated carbocycles. The minimum atomic E-state index is -0.0416. The number of nitrogens with one attached hydrogen (secondary N) is 1. The van der Waals surface area contributed by atoms with Gasteiger partial charge in [0.25, 0.3) is 0 Å². The highest BCUT2D eigenvalue weighted by Gasteiger charge is 2.16. The van der Waals surface area contributed by atoms with Gasteiger partial charge in [-0.05, 0) is 43.5 Å². The van der Waals surface area contributed by atoms with Crippen molar-refractivity contribution in [2.24, 2.45) is 12.9 Å². The van der Waals surface area contributed by atoms with E-state index in [1.165, 1.54) is 0 Å². The van der Waals surface area contributed by atoms with Gasteiger partial charge in [0.15, 0.2) is 0 Å². The van der Waals surface area contributed by atoms with Crippen LogP contribution >= 0.6 is 11.6 Å². The summed E-state index contributed by atoms with van der Waals surface area (Å²) in [6.45, 7) is 4.04. The molecule has 0 aliphatic heterocycles. The number of rotatable bonds is 4. The summed E-state index contributed by atoms with van der Waals surface area (Å²) in [5, 5.41) is 5.23. The van der Waals surface area contributed by atoms with Crippen LogP contribution in [0.3, 0.4) is 0 Å². The molecule has 0 amide bonds. The van der Waals surface area contributed by atoms with Crippen LogP contribution in [0.5, 0.6) is 0 Å². The highest BCUT2D eigenvalue weighted by Crippen LogP contribution is 2.24. The average Bonchev–Trinajstić information content (AvgIpc) is 2.68. The summed E-state index contributed by atoms with van der Waals surface area (Å²) in [6.07, 6.45) is 0.714. The summed E-state index contributed by atoms with van der Waals surface area (Å²) in [7, 11) is 1.92. The van der Waals surface area contributed by atoms with Crippen LogP contribution in [0.2, 0.25) is 5.02 Å². The number of hydrogen-bond acceptors (Lipinski definition) is 3. The van der Waals surface area contributed by atoms with Crippen molar-refractivity contribution in [3.05, 3.63) is 51.8 Å². The number of hydrazine groups is 1. The first kappa shape index (κ1) is 14.1. The van der Waals surface area contributed by atoms with Crippen molar-refractivity contribution < 1.29 is 0 Å². The number of nitrogens with two attached hydrogens (primary N) is 1. The SMILES string of the molecule is Cc1ccc(CC(NN)c2cc(C)n(C)n2)c(Cl)c1. The number of nitrogens with zero attached hydrogens (tertiary/aromatic N) is 2. The normalized spacial score (nSPS) is 12.7. The second-order valence-electron chi connectivity index (χ2n) is 4.85. The zero-order valence-electron chi connectivity index (χ0n) is 11.4. The minimum absolute atomic E-state index is 0.0416. The topological polar surface area (TPSA) is 55.9 Å². The summed E-state index contributed by atoms with van der Waals surface area (Å²) < 4.78 is 1.84. The summed E-state index contributed by atoms with van der Waals surface area (Å²) in [5.41, 5.74) is 7.07. The highest BCUT2D eigenvalue weighted by molar-refractivity contribution is 6.31. The lowest BCUT2D eigenvalue weighted by Gasteiger charge is -2.14. The van der Waals surface area contributed by atoms with Gasteiger partial charge in [-0.25, -0.2) is 0 Å². The molecule has 2 aromatic rings. The Balaban J connectivity index is 2.23. The zero-order valence-corrected chi connectivity index (χ0v) is 12.2. The molecule has 0 spiro atoms. The fourth-order valence-corrected chi connectivity index (χ4v) is 2.36. The first-order chi connectivity index (χ1) is 9.01. The predicted molar refractivity (Wildman–Crippen MR) is 77.9 cm³/mol. The molecule has 19 heavy (non-hydrogen) atoms. The summed E-state index contributed by atoms with van der Waals surface area (Å²) in [4.78, 5) is 0. The summed E-state index contributed by atoms with van der Waals surface area (Å²) >= 11 is 6.26. The van der Waals surface area contributed by atoms with Crippen molar-refractivity contribution in [1.82, 2.24) is 15.2 Å². The van der Waals surface area contributed by atoms with Crippen molar-refractivity contribution in [1.29, 1.82) is 0 Å². The largest absolute Gasteiger partial charge is 0.273 e. The number of hydrogen-bond donors (Lipinski definition) is 2. The molecule has 3 N–H and O–H groups in total. The minimum Gasteiger partial charge on any atom is -0.273 e. The van der Waals surface area contributed by atoms with Gasteiger partial charge in [0.2, 0.25) is 0 Å². The highest BCUT2D eigenvalue weighted by atomic mass is 35.5. The number of aryl methyl sites for hydroxylation is 3. The van der Waals surface area contributed by atoms with Gasteiger partial charge in [0.1, 0.15) is 0 Å². The van der Waals surface area contributed by atoms with Crippen LogP contribution in [0.15, 0.2) is 24.3 Å². The van der Waals surface area contributed by atoms with Gasteiger partial charge in [0, 0.05) is 17.8 Å². The molecule has 1 aromatic carbocycles. The van der Waals surface area contributed by atoms with Crippen molar-refractivity contribution >= 4 is 11.6 Å². The zero-order chi connectivity index (χ0) is 14.0. The lowest BCUT2D eigenvalue weighted by molar-refractivity contribution is 0.529. The molecule has 1 unspecified atom stereocenters. The molecule has 0 fully saturated rings. The predicted octanol–water partition coefficient (Wildman–Crippen LogP) is 2.44. The van der Waals surface area contributed by atoms with E-state index in [1.807, 2.05) is 43.8 Å². The molecule has 5 heteroatoms. The molecule has 0 radical (unpaired) electrons.